The third-order valence-corrected chi connectivity index (χ3v) is 4.63. The average molecular weight is 429 g/mol. The summed E-state index contributed by atoms with van der Waals surface area (Å²) in [6, 6.07) is 6.25. The predicted molar refractivity (Wildman–Crippen MR) is 95.3 cm³/mol. The first kappa shape index (κ1) is 19.2. The largest absolute Gasteiger partial charge is 0.478 e. The zero-order chi connectivity index (χ0) is 18.7. The number of rotatable bonds is 6. The van der Waals surface area contributed by atoms with Crippen LogP contribution < -0.4 is 0 Å². The molecule has 0 bridgehead atoms. The van der Waals surface area contributed by atoms with Crippen molar-refractivity contribution in [3.63, 3.8) is 0 Å². The third-order valence-electron chi connectivity index (χ3n) is 3.61. The molecule has 0 spiro atoms. The van der Waals surface area contributed by atoms with Gasteiger partial charge in [-0.05, 0) is 47.1 Å². The smallest absolute Gasteiger partial charge is 0.338 e. The van der Waals surface area contributed by atoms with Crippen molar-refractivity contribution in [3.8, 4) is 0 Å². The van der Waals surface area contributed by atoms with Crippen LogP contribution in [0.4, 0.5) is 0 Å². The van der Waals surface area contributed by atoms with Crippen molar-refractivity contribution in [1.82, 2.24) is 4.57 Å². The van der Waals surface area contributed by atoms with Gasteiger partial charge in [0.25, 0.3) is 0 Å². The molecule has 0 aliphatic heterocycles. The number of benzene rings is 1. The molecule has 0 aliphatic carbocycles. The number of nitrogens with zero attached hydrogens (tertiary/aromatic N) is 1. The predicted octanol–water partition coefficient (Wildman–Crippen LogP) is 3.48. The molecule has 0 aliphatic rings. The van der Waals surface area contributed by atoms with Gasteiger partial charge in [-0.3, -0.25) is 9.59 Å². The molecule has 1 heterocycles. The van der Waals surface area contributed by atoms with E-state index in [0.717, 1.165) is 0 Å². The van der Waals surface area contributed by atoms with Crippen molar-refractivity contribution in [2.24, 2.45) is 7.05 Å². The quantitative estimate of drug-likeness (QED) is 0.562. The maximum absolute atomic E-state index is 12.8. The van der Waals surface area contributed by atoms with Crippen LogP contribution in [0.25, 0.3) is 0 Å². The van der Waals surface area contributed by atoms with Gasteiger partial charge in [0, 0.05) is 23.3 Å². The number of hydrogen-bond donors (Lipinski definition) is 1. The van der Waals surface area contributed by atoms with Gasteiger partial charge in [0.15, 0.2) is 0 Å². The number of esters is 1. The second kappa shape index (κ2) is 7.84. The van der Waals surface area contributed by atoms with Crippen LogP contribution in [0.15, 0.2) is 28.7 Å². The normalized spacial score (nSPS) is 10.6. The molecule has 0 unspecified atom stereocenters. The Bertz CT molecular complexity index is 842. The standard InChI is InChI=1S/C17H15BrClNO5/c1-3-25-12(21)8-11-13(17(23)24)14(18)15(20(11)2)16(22)9-4-6-10(19)7-5-9/h4-7H,3,8H2,1-2H3,(H,23,24). The van der Waals surface area contributed by atoms with E-state index in [9.17, 15) is 19.5 Å². The Labute approximate surface area is 157 Å². The van der Waals surface area contributed by atoms with Gasteiger partial charge in [0.05, 0.1) is 23.1 Å². The van der Waals surface area contributed by atoms with Crippen molar-refractivity contribution in [3.05, 3.63) is 56.3 Å². The fourth-order valence-electron chi connectivity index (χ4n) is 2.46. The van der Waals surface area contributed by atoms with Crippen LogP contribution in [-0.2, 0) is 23.0 Å². The van der Waals surface area contributed by atoms with Crippen LogP contribution in [0, 0.1) is 0 Å². The number of aromatic carboxylic acids is 1. The number of carboxylic acids is 1. The second-order valence-corrected chi connectivity index (χ2v) is 6.40. The van der Waals surface area contributed by atoms with Crippen molar-refractivity contribution >= 4 is 45.3 Å². The van der Waals surface area contributed by atoms with Crippen molar-refractivity contribution in [2.45, 2.75) is 13.3 Å². The Morgan fingerprint density at radius 2 is 1.84 bits per heavy atom. The van der Waals surface area contributed by atoms with Crippen LogP contribution in [0.5, 0.6) is 0 Å². The first-order chi connectivity index (χ1) is 11.8. The summed E-state index contributed by atoms with van der Waals surface area (Å²) in [5, 5.41) is 9.97. The summed E-state index contributed by atoms with van der Waals surface area (Å²) < 4.78 is 6.41. The van der Waals surface area contributed by atoms with Gasteiger partial charge in [-0.25, -0.2) is 4.79 Å². The van der Waals surface area contributed by atoms with Gasteiger partial charge in [-0.1, -0.05) is 11.6 Å². The maximum Gasteiger partial charge on any atom is 0.338 e. The highest BCUT2D eigenvalue weighted by molar-refractivity contribution is 9.10. The van der Waals surface area contributed by atoms with Crippen LogP contribution in [0.3, 0.4) is 0 Å². The molecule has 2 aromatic rings. The molecule has 25 heavy (non-hydrogen) atoms. The number of ketones is 1. The van der Waals surface area contributed by atoms with E-state index in [0.29, 0.717) is 10.6 Å². The Morgan fingerprint density at radius 3 is 2.36 bits per heavy atom. The Hall–Kier alpha value is -2.12. The zero-order valence-corrected chi connectivity index (χ0v) is 15.8. The molecule has 2 rings (SSSR count). The number of carbonyl (C=O) groups excluding carboxylic acids is 2. The highest BCUT2D eigenvalue weighted by Gasteiger charge is 2.29. The lowest BCUT2D eigenvalue weighted by atomic mass is 10.1. The number of aromatic nitrogens is 1. The molecule has 6 nitrogen and oxygen atoms in total. The van der Waals surface area contributed by atoms with Crippen LogP contribution in [0.2, 0.25) is 5.02 Å². The average Bonchev–Trinajstić information content (AvgIpc) is 2.78. The lowest BCUT2D eigenvalue weighted by Crippen LogP contribution is -2.15. The SMILES string of the molecule is CCOC(=O)Cc1c(C(=O)O)c(Br)c(C(=O)c2ccc(Cl)cc2)n1C. The molecule has 0 atom stereocenters. The number of carbonyl (C=O) groups is 3. The molecule has 1 aromatic heterocycles. The molecule has 0 saturated carbocycles. The lowest BCUT2D eigenvalue weighted by Gasteiger charge is -2.08. The van der Waals surface area contributed by atoms with E-state index in [4.69, 9.17) is 16.3 Å². The van der Waals surface area contributed by atoms with Crippen LogP contribution >= 0.6 is 27.5 Å². The monoisotopic (exact) mass is 427 g/mol. The molecular formula is C17H15BrClNO5. The minimum Gasteiger partial charge on any atom is -0.478 e. The van der Waals surface area contributed by atoms with Crippen LogP contribution in [0.1, 0.15) is 39.0 Å². The highest BCUT2D eigenvalue weighted by Crippen LogP contribution is 2.30. The van der Waals surface area contributed by atoms with Crippen LogP contribution in [-0.4, -0.2) is 34.0 Å². The van der Waals surface area contributed by atoms with Gasteiger partial charge in [-0.15, -0.1) is 0 Å². The molecule has 132 valence electrons. The third kappa shape index (κ3) is 3.93. The van der Waals surface area contributed by atoms with Crippen molar-refractivity contribution in [1.29, 1.82) is 0 Å². The first-order valence-corrected chi connectivity index (χ1v) is 8.51. The first-order valence-electron chi connectivity index (χ1n) is 7.34. The van der Waals surface area contributed by atoms with Gasteiger partial charge in [-0.2, -0.15) is 0 Å². The molecular weight excluding hydrogens is 414 g/mol. The number of halogens is 2. The minimum atomic E-state index is -1.24. The molecule has 1 N–H and O–H groups in total. The van der Waals surface area contributed by atoms with E-state index in [1.54, 1.807) is 31.2 Å². The Morgan fingerprint density at radius 1 is 1.24 bits per heavy atom. The zero-order valence-electron chi connectivity index (χ0n) is 13.5. The number of hydrogen-bond acceptors (Lipinski definition) is 4. The minimum absolute atomic E-state index is 0.127. The van der Waals surface area contributed by atoms with E-state index in [1.165, 1.54) is 11.6 Å². The summed E-state index contributed by atoms with van der Waals surface area (Å²) in [5.41, 5.74) is 0.548. The lowest BCUT2D eigenvalue weighted by molar-refractivity contribution is -0.142. The van der Waals surface area contributed by atoms with Gasteiger partial charge in [0.2, 0.25) is 5.78 Å². The summed E-state index contributed by atoms with van der Waals surface area (Å²) in [7, 11) is 1.54. The summed E-state index contributed by atoms with van der Waals surface area (Å²) in [6.45, 7) is 1.84. The fourth-order valence-corrected chi connectivity index (χ4v) is 3.43. The molecule has 8 heteroatoms. The Kier molecular flexibility index (Phi) is 6.02. The van der Waals surface area contributed by atoms with Gasteiger partial charge < -0.3 is 14.4 Å². The summed E-state index contributed by atoms with van der Waals surface area (Å²) in [6.07, 6.45) is -0.252. The van der Waals surface area contributed by atoms with Crippen molar-refractivity contribution in [2.75, 3.05) is 6.61 Å². The van der Waals surface area contributed by atoms with Gasteiger partial charge >= 0.3 is 11.9 Å². The second-order valence-electron chi connectivity index (χ2n) is 5.17. The Balaban J connectivity index is 2.55. The summed E-state index contributed by atoms with van der Waals surface area (Å²) >= 11 is 9.02. The van der Waals surface area contributed by atoms with Crippen molar-refractivity contribution < 1.29 is 24.2 Å². The van der Waals surface area contributed by atoms with E-state index in [2.05, 4.69) is 15.9 Å². The maximum atomic E-state index is 12.8. The number of carboxylic acid groups (broad SMARTS) is 1. The molecule has 0 radical (unpaired) electrons. The van der Waals surface area contributed by atoms with E-state index in [-0.39, 0.29) is 40.2 Å². The van der Waals surface area contributed by atoms with E-state index < -0.39 is 11.9 Å². The highest BCUT2D eigenvalue weighted by atomic mass is 79.9. The molecule has 0 saturated heterocycles. The molecule has 0 fully saturated rings. The number of ether oxygens (including phenoxy) is 1. The van der Waals surface area contributed by atoms with Gasteiger partial charge in [0.1, 0.15) is 5.69 Å². The summed E-state index contributed by atoms with van der Waals surface area (Å²) in [4.78, 5) is 36.2. The fraction of sp³-hybridized carbons (Fsp3) is 0.235. The van der Waals surface area contributed by atoms with E-state index >= 15 is 0 Å². The molecule has 0 amide bonds. The summed E-state index contributed by atoms with van der Waals surface area (Å²) in [5.74, 6) is -2.19. The molecule has 1 aromatic carbocycles. The van der Waals surface area contributed by atoms with E-state index in [1.807, 2.05) is 0 Å². The topological polar surface area (TPSA) is 85.6 Å².